The van der Waals surface area contributed by atoms with E-state index < -0.39 is 19.2 Å². The molecule has 0 saturated carbocycles. The molecule has 3 aromatic rings. The van der Waals surface area contributed by atoms with Crippen molar-refractivity contribution in [2.24, 2.45) is 5.92 Å². The molecule has 3 saturated heterocycles. The van der Waals surface area contributed by atoms with Crippen molar-refractivity contribution in [3.63, 3.8) is 0 Å². The SMILES string of the molecule is COc1ccc([Si](C)(C)[C@@H]2[C@@H](CCO)O[C@]3(C(=O)N(C)c4ccc(N5CN(c6ccccc6)C6(CCNCC6)C5=O)cc43)[C@H]2C)cc1. The number of fused-ring (bicyclic) bond motifs is 2. The number of likely N-dealkylation sites (N-methyl/N-ethyl adjacent to an activating group) is 1. The second-order valence-corrected chi connectivity index (χ2v) is 18.8. The van der Waals surface area contributed by atoms with Crippen molar-refractivity contribution in [2.75, 3.05) is 55.2 Å². The number of nitrogens with one attached hydrogen (secondary N) is 1. The van der Waals surface area contributed by atoms with E-state index in [4.69, 9.17) is 9.47 Å². The Morgan fingerprint density at radius 3 is 2.34 bits per heavy atom. The molecule has 4 atom stereocenters. The number of amides is 2. The van der Waals surface area contributed by atoms with Gasteiger partial charge < -0.3 is 29.7 Å². The minimum absolute atomic E-state index is 0.0253. The summed E-state index contributed by atoms with van der Waals surface area (Å²) in [7, 11) is 1.21. The Hall–Kier alpha value is -3.70. The standard InChI is InChI=1S/C37H46N4O5Si/c1-25-33(47(4,5)29-14-12-28(45-3)13-15-29)32(17-22-42)46-37(25)30-23-27(11-16-31(30)39(2)35(37)44)40-24-41(26-9-7-6-8-10-26)36(34(40)43)18-20-38-21-19-36/h6-16,23,25,32-33,38,42H,17-22,24H2,1-5H3/t25-,32+,33-,37+/m0/s1. The summed E-state index contributed by atoms with van der Waals surface area (Å²) < 4.78 is 12.5. The maximum absolute atomic E-state index is 14.5. The molecule has 0 bridgehead atoms. The highest BCUT2D eigenvalue weighted by molar-refractivity contribution is 6.91. The van der Waals surface area contributed by atoms with Gasteiger partial charge in [-0.1, -0.05) is 55.5 Å². The van der Waals surface area contributed by atoms with Crippen molar-refractivity contribution in [2.45, 2.75) is 62.1 Å². The number of para-hydroxylation sites is 1. The molecule has 2 amide bonds. The average molecular weight is 655 g/mol. The number of methoxy groups -OCH3 is 1. The molecule has 3 aromatic carbocycles. The second-order valence-electron chi connectivity index (χ2n) is 14.2. The minimum Gasteiger partial charge on any atom is -0.497 e. The van der Waals surface area contributed by atoms with E-state index in [2.05, 4.69) is 54.5 Å². The largest absolute Gasteiger partial charge is 0.497 e. The zero-order valence-corrected chi connectivity index (χ0v) is 29.0. The van der Waals surface area contributed by atoms with Crippen LogP contribution in [0.3, 0.4) is 0 Å². The lowest BCUT2D eigenvalue weighted by Crippen LogP contribution is -2.55. The predicted octanol–water partition coefficient (Wildman–Crippen LogP) is 4.20. The number of ether oxygens (including phenoxy) is 2. The predicted molar refractivity (Wildman–Crippen MR) is 187 cm³/mol. The van der Waals surface area contributed by atoms with Crippen LogP contribution in [0.1, 0.15) is 31.7 Å². The van der Waals surface area contributed by atoms with Gasteiger partial charge in [0.25, 0.3) is 11.8 Å². The first kappa shape index (κ1) is 31.9. The van der Waals surface area contributed by atoms with Crippen molar-refractivity contribution in [3.8, 4) is 5.75 Å². The number of rotatable bonds is 7. The number of carbonyl (C=O) groups is 2. The van der Waals surface area contributed by atoms with Crippen LogP contribution in [0.4, 0.5) is 17.1 Å². The third kappa shape index (κ3) is 4.67. The Morgan fingerprint density at radius 1 is 0.979 bits per heavy atom. The first-order valence-electron chi connectivity index (χ1n) is 16.8. The fourth-order valence-electron chi connectivity index (χ4n) is 9.14. The number of hydrogen-bond donors (Lipinski definition) is 2. The summed E-state index contributed by atoms with van der Waals surface area (Å²) in [4.78, 5) is 34.8. The van der Waals surface area contributed by atoms with Crippen LogP contribution in [0, 0.1) is 5.92 Å². The first-order chi connectivity index (χ1) is 22.6. The summed E-state index contributed by atoms with van der Waals surface area (Å²) in [5.74, 6) is 0.648. The zero-order chi connectivity index (χ0) is 33.1. The van der Waals surface area contributed by atoms with Gasteiger partial charge in [0.1, 0.15) is 11.3 Å². The normalized spacial score (nSPS) is 26.9. The van der Waals surface area contributed by atoms with E-state index in [0.29, 0.717) is 13.1 Å². The van der Waals surface area contributed by atoms with Gasteiger partial charge >= 0.3 is 0 Å². The van der Waals surface area contributed by atoms with E-state index >= 15 is 0 Å². The highest BCUT2D eigenvalue weighted by atomic mass is 28.3. The van der Waals surface area contributed by atoms with Crippen molar-refractivity contribution < 1.29 is 24.2 Å². The van der Waals surface area contributed by atoms with E-state index in [-0.39, 0.29) is 36.0 Å². The molecular formula is C37H46N4O5Si. The van der Waals surface area contributed by atoms with Gasteiger partial charge in [0.05, 0.1) is 33.6 Å². The van der Waals surface area contributed by atoms with Crippen LogP contribution < -0.4 is 29.9 Å². The van der Waals surface area contributed by atoms with Crippen LogP contribution in [0.2, 0.25) is 18.6 Å². The number of anilines is 3. The Balaban J connectivity index is 1.30. The fraction of sp³-hybridized carbons (Fsp3) is 0.459. The highest BCUT2D eigenvalue weighted by Crippen LogP contribution is 2.60. The number of aliphatic hydroxyl groups is 1. The summed E-state index contributed by atoms with van der Waals surface area (Å²) in [6.07, 6.45) is 1.60. The average Bonchev–Trinajstić information content (AvgIpc) is 3.63. The number of hydrogen-bond acceptors (Lipinski definition) is 7. The van der Waals surface area contributed by atoms with Crippen LogP contribution >= 0.6 is 0 Å². The highest BCUT2D eigenvalue weighted by Gasteiger charge is 2.66. The topological polar surface area (TPSA) is 94.6 Å². The summed E-state index contributed by atoms with van der Waals surface area (Å²) in [6.45, 7) is 8.79. The Morgan fingerprint density at radius 2 is 1.68 bits per heavy atom. The lowest BCUT2D eigenvalue weighted by atomic mass is 9.82. The summed E-state index contributed by atoms with van der Waals surface area (Å²) in [6, 6.07) is 24.5. The van der Waals surface area contributed by atoms with Crippen molar-refractivity contribution in [1.82, 2.24) is 5.32 Å². The van der Waals surface area contributed by atoms with E-state index in [1.54, 1.807) is 12.0 Å². The van der Waals surface area contributed by atoms with Crippen molar-refractivity contribution in [3.05, 3.63) is 78.4 Å². The fourth-order valence-corrected chi connectivity index (χ4v) is 13.2. The summed E-state index contributed by atoms with van der Waals surface area (Å²) in [5, 5.41) is 14.9. The van der Waals surface area contributed by atoms with Gasteiger partial charge in [-0.15, -0.1) is 0 Å². The Bertz CT molecular complexity index is 1660. The van der Waals surface area contributed by atoms with Crippen LogP contribution in [-0.2, 0) is 19.9 Å². The maximum atomic E-state index is 14.5. The third-order valence-electron chi connectivity index (χ3n) is 11.6. The molecule has 47 heavy (non-hydrogen) atoms. The van der Waals surface area contributed by atoms with Gasteiger partial charge in [-0.2, -0.15) is 0 Å². The third-order valence-corrected chi connectivity index (χ3v) is 16.0. The lowest BCUT2D eigenvalue weighted by molar-refractivity contribution is -0.145. The maximum Gasteiger partial charge on any atom is 0.264 e. The molecule has 4 heterocycles. The number of carbonyl (C=O) groups excluding carboxylic acids is 2. The molecule has 2 spiro atoms. The molecule has 4 aliphatic rings. The van der Waals surface area contributed by atoms with Crippen LogP contribution in [0.25, 0.3) is 0 Å². The number of nitrogens with zero attached hydrogens (tertiary/aromatic N) is 3. The molecule has 4 aliphatic heterocycles. The number of aliphatic hydroxyl groups excluding tert-OH is 1. The smallest absolute Gasteiger partial charge is 0.264 e. The molecule has 9 nitrogen and oxygen atoms in total. The van der Waals surface area contributed by atoms with Gasteiger partial charge in [-0.05, 0) is 80.4 Å². The van der Waals surface area contributed by atoms with Gasteiger partial charge in [-0.3, -0.25) is 14.5 Å². The molecule has 0 aromatic heterocycles. The van der Waals surface area contributed by atoms with E-state index in [9.17, 15) is 14.7 Å². The van der Waals surface area contributed by atoms with Gasteiger partial charge in [0.15, 0.2) is 5.60 Å². The first-order valence-corrected chi connectivity index (χ1v) is 19.9. The van der Waals surface area contributed by atoms with Gasteiger partial charge in [0.2, 0.25) is 0 Å². The molecule has 10 heteroatoms. The Labute approximate surface area is 278 Å². The van der Waals surface area contributed by atoms with Crippen molar-refractivity contribution >= 4 is 42.1 Å². The molecule has 0 aliphatic carbocycles. The van der Waals surface area contributed by atoms with E-state index in [1.165, 1.54) is 5.19 Å². The van der Waals surface area contributed by atoms with Crippen molar-refractivity contribution in [1.29, 1.82) is 0 Å². The molecule has 3 fully saturated rings. The molecule has 0 unspecified atom stereocenters. The monoisotopic (exact) mass is 654 g/mol. The summed E-state index contributed by atoms with van der Waals surface area (Å²) in [5.41, 5.74) is 1.64. The van der Waals surface area contributed by atoms with Gasteiger partial charge in [0, 0.05) is 36.5 Å². The lowest BCUT2D eigenvalue weighted by Gasteiger charge is -2.39. The molecular weight excluding hydrogens is 609 g/mol. The minimum atomic E-state index is -2.27. The number of piperidine rings is 1. The molecule has 2 N–H and O–H groups in total. The quantitative estimate of drug-likeness (QED) is 0.369. The number of benzene rings is 3. The zero-order valence-electron chi connectivity index (χ0n) is 28.0. The second kappa shape index (κ2) is 11.8. The van der Waals surface area contributed by atoms with Crippen LogP contribution in [0.5, 0.6) is 5.75 Å². The Kier molecular flexibility index (Phi) is 7.98. The van der Waals surface area contributed by atoms with Gasteiger partial charge in [-0.25, -0.2) is 0 Å². The molecule has 248 valence electrons. The van der Waals surface area contributed by atoms with Crippen LogP contribution in [-0.4, -0.2) is 77.2 Å². The summed E-state index contributed by atoms with van der Waals surface area (Å²) >= 11 is 0. The van der Waals surface area contributed by atoms with E-state index in [0.717, 1.165) is 54.3 Å². The van der Waals surface area contributed by atoms with Crippen LogP contribution in [0.15, 0.2) is 72.8 Å². The molecule has 0 radical (unpaired) electrons. The van der Waals surface area contributed by atoms with E-state index in [1.807, 2.05) is 60.5 Å². The molecule has 7 rings (SSSR count).